The van der Waals surface area contributed by atoms with Crippen LogP contribution in [0.1, 0.15) is 13.3 Å². The van der Waals surface area contributed by atoms with E-state index in [1.54, 1.807) is 26.2 Å². The van der Waals surface area contributed by atoms with Gasteiger partial charge >= 0.3 is 0 Å². The Morgan fingerprint density at radius 1 is 1.25 bits per heavy atom. The third-order valence-corrected chi connectivity index (χ3v) is 4.89. The molecule has 0 atom stereocenters. The first-order valence-corrected chi connectivity index (χ1v) is 8.47. The average Bonchev–Trinajstić information content (AvgIpc) is 2.47. The molecule has 2 N–H and O–H groups in total. The molecular formula is C14H24N2O3S. The Morgan fingerprint density at radius 2 is 1.95 bits per heavy atom. The summed E-state index contributed by atoms with van der Waals surface area (Å²) in [6.45, 7) is 4.14. The zero-order valence-corrected chi connectivity index (χ0v) is 13.0. The number of benzene rings is 1. The van der Waals surface area contributed by atoms with E-state index in [2.05, 4.69) is 0 Å². The van der Waals surface area contributed by atoms with E-state index in [1.807, 2.05) is 17.0 Å². The van der Waals surface area contributed by atoms with Gasteiger partial charge in [0.05, 0.1) is 22.9 Å². The van der Waals surface area contributed by atoms with Gasteiger partial charge in [0.15, 0.2) is 9.84 Å². The Kier molecular flexibility index (Phi) is 6.98. The summed E-state index contributed by atoms with van der Waals surface area (Å²) in [7, 11) is -1.60. The van der Waals surface area contributed by atoms with Crippen LogP contribution in [0.25, 0.3) is 0 Å². The molecule has 0 saturated heterocycles. The van der Waals surface area contributed by atoms with Gasteiger partial charge in [-0.1, -0.05) is 19.1 Å². The molecule has 0 fully saturated rings. The first-order valence-electron chi connectivity index (χ1n) is 6.82. The number of rotatable bonds is 9. The molecule has 114 valence electrons. The highest BCUT2D eigenvalue weighted by molar-refractivity contribution is 7.91. The first-order chi connectivity index (χ1) is 9.56. The molecule has 5 nitrogen and oxygen atoms in total. The Bertz CT molecular complexity index is 495. The lowest BCUT2D eigenvalue weighted by molar-refractivity contribution is 0.205. The molecule has 0 saturated carbocycles. The molecule has 1 aromatic rings. The molecule has 0 aromatic heterocycles. The highest BCUT2D eigenvalue weighted by atomic mass is 32.2. The SMILES string of the molecule is CCS(=O)(=O)c1ccccc1N(CCCN)CCOC. The van der Waals surface area contributed by atoms with Crippen molar-refractivity contribution in [3.8, 4) is 0 Å². The minimum atomic E-state index is -3.24. The lowest BCUT2D eigenvalue weighted by atomic mass is 10.2. The molecule has 0 aliphatic carbocycles. The molecule has 0 unspecified atom stereocenters. The minimum absolute atomic E-state index is 0.0962. The molecule has 0 heterocycles. The Balaban J connectivity index is 3.12. The van der Waals surface area contributed by atoms with Gasteiger partial charge in [0.2, 0.25) is 0 Å². The summed E-state index contributed by atoms with van der Waals surface area (Å²) >= 11 is 0. The number of ether oxygens (including phenoxy) is 1. The predicted octanol–water partition coefficient (Wildman–Crippen LogP) is 1.28. The van der Waals surface area contributed by atoms with Gasteiger partial charge in [0.1, 0.15) is 0 Å². The summed E-state index contributed by atoms with van der Waals surface area (Å²) < 4.78 is 29.5. The number of nitrogens with zero attached hydrogens (tertiary/aromatic N) is 1. The molecule has 0 radical (unpaired) electrons. The third-order valence-electron chi connectivity index (χ3n) is 3.12. The maximum absolute atomic E-state index is 12.2. The average molecular weight is 300 g/mol. The van der Waals surface area contributed by atoms with E-state index in [0.717, 1.165) is 18.7 Å². The standard InChI is InChI=1S/C14H24N2O3S/c1-3-20(17,18)14-8-5-4-7-13(14)16(10-6-9-15)11-12-19-2/h4-5,7-8H,3,6,9-12,15H2,1-2H3. The quantitative estimate of drug-likeness (QED) is 0.744. The largest absolute Gasteiger partial charge is 0.383 e. The fourth-order valence-electron chi connectivity index (χ4n) is 1.97. The number of nitrogens with two attached hydrogens (primary N) is 1. The van der Waals surface area contributed by atoms with Crippen molar-refractivity contribution in [2.45, 2.75) is 18.2 Å². The molecule has 1 aromatic carbocycles. The molecular weight excluding hydrogens is 276 g/mol. The number of hydrogen-bond donors (Lipinski definition) is 1. The monoisotopic (exact) mass is 300 g/mol. The minimum Gasteiger partial charge on any atom is -0.383 e. The van der Waals surface area contributed by atoms with Crippen LogP contribution in [0.5, 0.6) is 0 Å². The summed E-state index contributed by atoms with van der Waals surface area (Å²) in [5, 5.41) is 0. The van der Waals surface area contributed by atoms with Gasteiger partial charge in [-0.2, -0.15) is 0 Å². The maximum Gasteiger partial charge on any atom is 0.180 e. The fourth-order valence-corrected chi connectivity index (χ4v) is 3.09. The van der Waals surface area contributed by atoms with Crippen LogP contribution in [0.4, 0.5) is 5.69 Å². The van der Waals surface area contributed by atoms with Crippen molar-refractivity contribution in [1.82, 2.24) is 0 Å². The van der Waals surface area contributed by atoms with Crippen LogP contribution in [-0.2, 0) is 14.6 Å². The summed E-state index contributed by atoms with van der Waals surface area (Å²) in [5.74, 6) is 0.0962. The van der Waals surface area contributed by atoms with Crippen LogP contribution < -0.4 is 10.6 Å². The summed E-state index contributed by atoms with van der Waals surface area (Å²) in [6.07, 6.45) is 0.810. The van der Waals surface area contributed by atoms with E-state index in [4.69, 9.17) is 10.5 Å². The van der Waals surface area contributed by atoms with Crippen molar-refractivity contribution >= 4 is 15.5 Å². The van der Waals surface area contributed by atoms with Gasteiger partial charge in [-0.05, 0) is 25.1 Å². The van der Waals surface area contributed by atoms with Gasteiger partial charge < -0.3 is 15.4 Å². The summed E-state index contributed by atoms with van der Waals surface area (Å²) in [5.41, 5.74) is 6.29. The van der Waals surface area contributed by atoms with E-state index in [0.29, 0.717) is 24.6 Å². The van der Waals surface area contributed by atoms with Crippen LogP contribution >= 0.6 is 0 Å². The van der Waals surface area contributed by atoms with Gasteiger partial charge in [0, 0.05) is 20.2 Å². The summed E-state index contributed by atoms with van der Waals surface area (Å²) in [6, 6.07) is 7.11. The molecule has 0 aliphatic rings. The van der Waals surface area contributed by atoms with Crippen molar-refractivity contribution in [2.24, 2.45) is 5.73 Å². The molecule has 0 aliphatic heterocycles. The molecule has 0 spiro atoms. The molecule has 0 bridgehead atoms. The summed E-state index contributed by atoms with van der Waals surface area (Å²) in [4.78, 5) is 2.41. The van der Waals surface area contributed by atoms with E-state index < -0.39 is 9.84 Å². The van der Waals surface area contributed by atoms with Crippen LogP contribution in [-0.4, -0.2) is 47.5 Å². The molecule has 6 heteroatoms. The topological polar surface area (TPSA) is 72.6 Å². The smallest absolute Gasteiger partial charge is 0.180 e. The van der Waals surface area contributed by atoms with Crippen molar-refractivity contribution in [3.05, 3.63) is 24.3 Å². The van der Waals surface area contributed by atoms with Crippen molar-refractivity contribution in [2.75, 3.05) is 44.0 Å². The predicted molar refractivity (Wildman–Crippen MR) is 81.9 cm³/mol. The number of sulfone groups is 1. The van der Waals surface area contributed by atoms with Gasteiger partial charge in [-0.25, -0.2) is 8.42 Å². The van der Waals surface area contributed by atoms with E-state index >= 15 is 0 Å². The lowest BCUT2D eigenvalue weighted by Gasteiger charge is -2.26. The van der Waals surface area contributed by atoms with Crippen molar-refractivity contribution in [3.63, 3.8) is 0 Å². The zero-order valence-electron chi connectivity index (χ0n) is 12.2. The van der Waals surface area contributed by atoms with Crippen LogP contribution in [0, 0.1) is 0 Å². The van der Waals surface area contributed by atoms with Gasteiger partial charge in [-0.15, -0.1) is 0 Å². The number of anilines is 1. The number of hydrogen-bond acceptors (Lipinski definition) is 5. The highest BCUT2D eigenvalue weighted by Crippen LogP contribution is 2.26. The Hall–Kier alpha value is -1.11. The Labute approximate surface area is 121 Å². The van der Waals surface area contributed by atoms with Crippen LogP contribution in [0.15, 0.2) is 29.2 Å². The molecule has 20 heavy (non-hydrogen) atoms. The van der Waals surface area contributed by atoms with Crippen molar-refractivity contribution < 1.29 is 13.2 Å². The van der Waals surface area contributed by atoms with E-state index in [1.165, 1.54) is 0 Å². The Morgan fingerprint density at radius 3 is 2.55 bits per heavy atom. The second-order valence-corrected chi connectivity index (χ2v) is 6.74. The van der Waals surface area contributed by atoms with Crippen LogP contribution in [0.2, 0.25) is 0 Å². The molecule has 1 rings (SSSR count). The van der Waals surface area contributed by atoms with Gasteiger partial charge in [0.25, 0.3) is 0 Å². The third kappa shape index (κ3) is 4.47. The maximum atomic E-state index is 12.2. The van der Waals surface area contributed by atoms with Gasteiger partial charge in [-0.3, -0.25) is 0 Å². The van der Waals surface area contributed by atoms with Crippen LogP contribution in [0.3, 0.4) is 0 Å². The second-order valence-electron chi connectivity index (χ2n) is 4.49. The van der Waals surface area contributed by atoms with Crippen molar-refractivity contribution in [1.29, 1.82) is 0 Å². The normalized spacial score (nSPS) is 11.6. The fraction of sp³-hybridized carbons (Fsp3) is 0.571. The lowest BCUT2D eigenvalue weighted by Crippen LogP contribution is -2.31. The number of para-hydroxylation sites is 1. The highest BCUT2D eigenvalue weighted by Gasteiger charge is 2.19. The zero-order chi connectivity index (χ0) is 15.0. The second kappa shape index (κ2) is 8.24. The molecule has 0 amide bonds. The van der Waals surface area contributed by atoms with E-state index in [9.17, 15) is 8.42 Å². The first kappa shape index (κ1) is 16.9. The van der Waals surface area contributed by atoms with E-state index in [-0.39, 0.29) is 5.75 Å². The number of methoxy groups -OCH3 is 1.